The van der Waals surface area contributed by atoms with E-state index in [1.54, 1.807) is 0 Å². The van der Waals surface area contributed by atoms with Crippen molar-refractivity contribution < 1.29 is 0 Å². The van der Waals surface area contributed by atoms with Crippen molar-refractivity contribution in [2.24, 2.45) is 5.41 Å². The van der Waals surface area contributed by atoms with Crippen molar-refractivity contribution >= 4 is 5.69 Å². The second-order valence-electron chi connectivity index (χ2n) is 6.83. The van der Waals surface area contributed by atoms with Crippen LogP contribution in [0, 0.1) is 16.7 Å². The van der Waals surface area contributed by atoms with Gasteiger partial charge in [-0.3, -0.25) is 0 Å². The van der Waals surface area contributed by atoms with E-state index in [1.165, 1.54) is 12.0 Å². The summed E-state index contributed by atoms with van der Waals surface area (Å²) in [4.78, 5) is 2.35. The molecule has 1 N–H and O–H groups in total. The fourth-order valence-corrected chi connectivity index (χ4v) is 2.70. The van der Waals surface area contributed by atoms with Crippen molar-refractivity contribution in [3.63, 3.8) is 0 Å². The monoisotopic (exact) mass is 271 g/mol. The Labute approximate surface area is 122 Å². The molecule has 1 heterocycles. The van der Waals surface area contributed by atoms with E-state index in [0.29, 0.717) is 11.5 Å². The molecule has 1 saturated heterocycles. The zero-order valence-corrected chi connectivity index (χ0v) is 13.0. The normalized spacial score (nSPS) is 17.5. The standard InChI is InChI=1S/C17H25N3/c1-13(2)19-11-14-5-6-16(15(9-14)10-18)20-8-7-17(3,4)12-20/h5-6,9,13,19H,7-8,11-12H2,1-4H3. The number of nitrogens with zero attached hydrogens (tertiary/aromatic N) is 2. The largest absolute Gasteiger partial charge is 0.370 e. The van der Waals surface area contributed by atoms with Gasteiger partial charge in [-0.15, -0.1) is 0 Å². The molecule has 3 nitrogen and oxygen atoms in total. The van der Waals surface area contributed by atoms with Gasteiger partial charge in [0, 0.05) is 25.7 Å². The Morgan fingerprint density at radius 3 is 2.70 bits per heavy atom. The van der Waals surface area contributed by atoms with E-state index in [9.17, 15) is 5.26 Å². The SMILES string of the molecule is CC(C)NCc1ccc(N2CCC(C)(C)C2)c(C#N)c1. The molecule has 1 fully saturated rings. The summed E-state index contributed by atoms with van der Waals surface area (Å²) in [5.41, 5.74) is 3.42. The van der Waals surface area contributed by atoms with E-state index in [1.807, 2.05) is 6.07 Å². The molecule has 0 saturated carbocycles. The second-order valence-corrected chi connectivity index (χ2v) is 6.83. The highest BCUT2D eigenvalue weighted by Gasteiger charge is 2.30. The van der Waals surface area contributed by atoms with Gasteiger partial charge in [-0.1, -0.05) is 33.8 Å². The van der Waals surface area contributed by atoms with Crippen LogP contribution in [0.2, 0.25) is 0 Å². The molecule has 1 aromatic carbocycles. The van der Waals surface area contributed by atoms with Crippen molar-refractivity contribution in [1.82, 2.24) is 5.32 Å². The average molecular weight is 271 g/mol. The van der Waals surface area contributed by atoms with Gasteiger partial charge in [-0.25, -0.2) is 0 Å². The first-order valence-electron chi connectivity index (χ1n) is 7.43. The number of hydrogen-bond donors (Lipinski definition) is 1. The summed E-state index contributed by atoms with van der Waals surface area (Å²) in [5, 5.41) is 12.8. The van der Waals surface area contributed by atoms with Gasteiger partial charge in [0.25, 0.3) is 0 Å². The fraction of sp³-hybridized carbons (Fsp3) is 0.588. The number of rotatable bonds is 4. The van der Waals surface area contributed by atoms with Crippen molar-refractivity contribution in [2.45, 2.75) is 46.7 Å². The molecule has 0 aliphatic carbocycles. The van der Waals surface area contributed by atoms with E-state index < -0.39 is 0 Å². The van der Waals surface area contributed by atoms with Crippen LogP contribution in [-0.4, -0.2) is 19.1 Å². The van der Waals surface area contributed by atoms with Gasteiger partial charge < -0.3 is 10.2 Å². The van der Waals surface area contributed by atoms with E-state index in [2.05, 4.69) is 56.1 Å². The highest BCUT2D eigenvalue weighted by Crippen LogP contribution is 2.34. The van der Waals surface area contributed by atoms with Crippen LogP contribution in [0.3, 0.4) is 0 Å². The Bertz CT molecular complexity index is 511. The molecule has 2 rings (SSSR count). The summed E-state index contributed by atoms with van der Waals surface area (Å²) in [6.07, 6.45) is 1.19. The fourth-order valence-electron chi connectivity index (χ4n) is 2.70. The zero-order valence-electron chi connectivity index (χ0n) is 13.0. The van der Waals surface area contributed by atoms with Gasteiger partial charge in [0.2, 0.25) is 0 Å². The molecule has 3 heteroatoms. The Hall–Kier alpha value is -1.53. The summed E-state index contributed by atoms with van der Waals surface area (Å²) in [7, 11) is 0. The summed E-state index contributed by atoms with van der Waals surface area (Å²) < 4.78 is 0. The van der Waals surface area contributed by atoms with Crippen LogP contribution in [0.1, 0.15) is 45.2 Å². The molecule has 0 atom stereocenters. The summed E-state index contributed by atoms with van der Waals surface area (Å²) in [5.74, 6) is 0. The quantitative estimate of drug-likeness (QED) is 0.913. The van der Waals surface area contributed by atoms with E-state index in [4.69, 9.17) is 0 Å². The molecule has 0 spiro atoms. The molecule has 0 amide bonds. The lowest BCUT2D eigenvalue weighted by Crippen LogP contribution is -2.24. The van der Waals surface area contributed by atoms with Crippen LogP contribution in [0.4, 0.5) is 5.69 Å². The lowest BCUT2D eigenvalue weighted by molar-refractivity contribution is 0.418. The maximum absolute atomic E-state index is 9.41. The number of nitrogens with one attached hydrogen (secondary N) is 1. The van der Waals surface area contributed by atoms with Crippen LogP contribution >= 0.6 is 0 Å². The molecule has 0 unspecified atom stereocenters. The van der Waals surface area contributed by atoms with E-state index in [0.717, 1.165) is 30.9 Å². The predicted octanol–water partition coefficient (Wildman–Crippen LogP) is 3.29. The molecular formula is C17H25N3. The minimum atomic E-state index is 0.352. The molecule has 1 aliphatic heterocycles. The van der Waals surface area contributed by atoms with Gasteiger partial charge in [0.05, 0.1) is 11.3 Å². The van der Waals surface area contributed by atoms with Crippen LogP contribution < -0.4 is 10.2 Å². The van der Waals surface area contributed by atoms with Gasteiger partial charge in [-0.2, -0.15) is 5.26 Å². The molecule has 1 aliphatic rings. The van der Waals surface area contributed by atoms with Gasteiger partial charge >= 0.3 is 0 Å². The first kappa shape index (κ1) is 14.9. The average Bonchev–Trinajstić information content (AvgIpc) is 2.76. The first-order chi connectivity index (χ1) is 9.41. The predicted molar refractivity (Wildman–Crippen MR) is 83.7 cm³/mol. The van der Waals surface area contributed by atoms with E-state index in [-0.39, 0.29) is 0 Å². The Balaban J connectivity index is 2.17. The maximum Gasteiger partial charge on any atom is 0.101 e. The van der Waals surface area contributed by atoms with Crippen molar-refractivity contribution in [3.8, 4) is 6.07 Å². The molecule has 108 valence electrons. The first-order valence-corrected chi connectivity index (χ1v) is 7.43. The highest BCUT2D eigenvalue weighted by atomic mass is 15.2. The smallest absolute Gasteiger partial charge is 0.101 e. The summed E-state index contributed by atoms with van der Waals surface area (Å²) in [6.45, 7) is 11.7. The van der Waals surface area contributed by atoms with Gasteiger partial charge in [0.1, 0.15) is 6.07 Å². The number of hydrogen-bond acceptors (Lipinski definition) is 3. The van der Waals surface area contributed by atoms with Gasteiger partial charge in [-0.05, 0) is 29.5 Å². The third-order valence-corrected chi connectivity index (χ3v) is 3.91. The second kappa shape index (κ2) is 5.85. The zero-order chi connectivity index (χ0) is 14.8. The lowest BCUT2D eigenvalue weighted by atomic mass is 9.93. The lowest BCUT2D eigenvalue weighted by Gasteiger charge is -2.23. The van der Waals surface area contributed by atoms with E-state index >= 15 is 0 Å². The van der Waals surface area contributed by atoms with Crippen LogP contribution in [-0.2, 0) is 6.54 Å². The van der Waals surface area contributed by atoms with Crippen LogP contribution in [0.25, 0.3) is 0 Å². The Morgan fingerprint density at radius 2 is 2.15 bits per heavy atom. The molecular weight excluding hydrogens is 246 g/mol. The Kier molecular flexibility index (Phi) is 4.35. The number of benzene rings is 1. The maximum atomic E-state index is 9.41. The van der Waals surface area contributed by atoms with Crippen molar-refractivity contribution in [1.29, 1.82) is 5.26 Å². The Morgan fingerprint density at radius 1 is 1.40 bits per heavy atom. The topological polar surface area (TPSA) is 39.1 Å². The molecule has 0 aromatic heterocycles. The molecule has 0 radical (unpaired) electrons. The molecule has 1 aromatic rings. The minimum Gasteiger partial charge on any atom is -0.370 e. The summed E-state index contributed by atoms with van der Waals surface area (Å²) in [6, 6.07) is 9.08. The highest BCUT2D eigenvalue weighted by molar-refractivity contribution is 5.61. The van der Waals surface area contributed by atoms with Crippen LogP contribution in [0.5, 0.6) is 0 Å². The third kappa shape index (κ3) is 3.52. The summed E-state index contributed by atoms with van der Waals surface area (Å²) >= 11 is 0. The number of nitriles is 1. The van der Waals surface area contributed by atoms with Crippen molar-refractivity contribution in [3.05, 3.63) is 29.3 Å². The van der Waals surface area contributed by atoms with Crippen LogP contribution in [0.15, 0.2) is 18.2 Å². The number of anilines is 1. The molecule has 0 bridgehead atoms. The van der Waals surface area contributed by atoms with Gasteiger partial charge in [0.15, 0.2) is 0 Å². The molecule has 20 heavy (non-hydrogen) atoms. The van der Waals surface area contributed by atoms with Crippen molar-refractivity contribution in [2.75, 3.05) is 18.0 Å². The third-order valence-electron chi connectivity index (χ3n) is 3.91. The minimum absolute atomic E-state index is 0.352.